The third kappa shape index (κ3) is 5.80. The Morgan fingerprint density at radius 2 is 1.61 bits per heavy atom. The Labute approximate surface area is 186 Å². The van der Waals surface area contributed by atoms with Crippen LogP contribution in [0.3, 0.4) is 0 Å². The van der Waals surface area contributed by atoms with Gasteiger partial charge in [-0.15, -0.1) is 0 Å². The molecular formula is C22H39BN2O6. The molecule has 0 radical (unpaired) electrons. The van der Waals surface area contributed by atoms with Gasteiger partial charge in [0.05, 0.1) is 17.1 Å². The van der Waals surface area contributed by atoms with Crippen molar-refractivity contribution in [3.05, 3.63) is 0 Å². The quantitative estimate of drug-likeness (QED) is 0.550. The Morgan fingerprint density at radius 1 is 1.06 bits per heavy atom. The fourth-order valence-corrected chi connectivity index (χ4v) is 4.60. The molecule has 0 aromatic heterocycles. The van der Waals surface area contributed by atoms with E-state index in [1.807, 2.05) is 48.5 Å². The summed E-state index contributed by atoms with van der Waals surface area (Å²) in [7, 11) is -0.347. The summed E-state index contributed by atoms with van der Waals surface area (Å²) in [6, 6.07) is 0. The van der Waals surface area contributed by atoms with Gasteiger partial charge in [-0.25, -0.2) is 0 Å². The minimum Gasteiger partial charge on any atom is -0.481 e. The van der Waals surface area contributed by atoms with E-state index in [4.69, 9.17) is 9.31 Å². The first-order chi connectivity index (χ1) is 14.0. The lowest BCUT2D eigenvalue weighted by atomic mass is 9.65. The SMILES string of the molecule is CC(=O)N[C@]1(C(=O)NC(C)(C)C)C[C@H](CCB2OC(C)(C)C(C)(C)O2)CC[C@H]1C(=O)O. The number of hydrogen-bond acceptors (Lipinski definition) is 5. The maximum absolute atomic E-state index is 13.3. The van der Waals surface area contributed by atoms with E-state index in [0.29, 0.717) is 25.6 Å². The van der Waals surface area contributed by atoms with Gasteiger partial charge in [-0.05, 0) is 80.0 Å². The van der Waals surface area contributed by atoms with E-state index in [9.17, 15) is 19.5 Å². The van der Waals surface area contributed by atoms with Crippen LogP contribution in [0.2, 0.25) is 6.32 Å². The molecule has 0 unspecified atom stereocenters. The molecule has 3 N–H and O–H groups in total. The fourth-order valence-electron chi connectivity index (χ4n) is 4.60. The standard InChI is InChI=1S/C22H39BN2O6/c1-14(26)24-22(18(29)25-19(2,3)4)13-15(9-10-16(22)17(27)28)11-12-23-30-20(5,6)21(7,8)31-23/h15-16H,9-13H2,1-8H3,(H,24,26)(H,25,29)(H,27,28)/t15-,16-,22+/m0/s1. The molecule has 176 valence electrons. The average molecular weight is 438 g/mol. The lowest BCUT2D eigenvalue weighted by molar-refractivity contribution is -0.154. The van der Waals surface area contributed by atoms with Crippen molar-refractivity contribution in [2.24, 2.45) is 11.8 Å². The summed E-state index contributed by atoms with van der Waals surface area (Å²) in [4.78, 5) is 37.4. The summed E-state index contributed by atoms with van der Waals surface area (Å²) in [6.07, 6.45) is 2.62. The van der Waals surface area contributed by atoms with Crippen LogP contribution >= 0.6 is 0 Å². The number of carbonyl (C=O) groups is 3. The first-order valence-electron chi connectivity index (χ1n) is 11.2. The van der Waals surface area contributed by atoms with E-state index < -0.39 is 46.0 Å². The van der Waals surface area contributed by atoms with Crippen LogP contribution in [0.15, 0.2) is 0 Å². The second-order valence-electron chi connectivity index (χ2n) is 11.2. The van der Waals surface area contributed by atoms with E-state index in [2.05, 4.69) is 10.6 Å². The second kappa shape index (κ2) is 8.73. The van der Waals surface area contributed by atoms with Gasteiger partial charge in [-0.3, -0.25) is 14.4 Å². The van der Waals surface area contributed by atoms with Gasteiger partial charge in [-0.2, -0.15) is 0 Å². The molecule has 1 saturated heterocycles. The average Bonchev–Trinajstić information content (AvgIpc) is 2.77. The Kier molecular flexibility index (Phi) is 7.23. The highest BCUT2D eigenvalue weighted by molar-refractivity contribution is 6.45. The van der Waals surface area contributed by atoms with Crippen LogP contribution in [0.1, 0.15) is 81.1 Å². The molecule has 2 rings (SSSR count). The molecule has 1 aliphatic carbocycles. The highest BCUT2D eigenvalue weighted by Crippen LogP contribution is 2.42. The molecule has 1 aliphatic heterocycles. The fraction of sp³-hybridized carbons (Fsp3) is 0.864. The molecule has 1 heterocycles. The maximum Gasteiger partial charge on any atom is 0.457 e. The van der Waals surface area contributed by atoms with Crippen LogP contribution in [0.4, 0.5) is 0 Å². The van der Waals surface area contributed by atoms with Crippen LogP contribution in [0.5, 0.6) is 0 Å². The molecule has 0 aromatic rings. The molecular weight excluding hydrogens is 399 g/mol. The zero-order valence-corrected chi connectivity index (χ0v) is 20.3. The van der Waals surface area contributed by atoms with Crippen LogP contribution in [0, 0.1) is 11.8 Å². The van der Waals surface area contributed by atoms with Gasteiger partial charge in [0.25, 0.3) is 0 Å². The minimum atomic E-state index is -1.48. The van der Waals surface area contributed by atoms with Crippen molar-refractivity contribution in [1.29, 1.82) is 0 Å². The van der Waals surface area contributed by atoms with Gasteiger partial charge in [0.1, 0.15) is 5.54 Å². The highest BCUT2D eigenvalue weighted by atomic mass is 16.7. The molecule has 3 atom stereocenters. The van der Waals surface area contributed by atoms with E-state index in [-0.39, 0.29) is 19.5 Å². The first-order valence-corrected chi connectivity index (χ1v) is 11.2. The summed E-state index contributed by atoms with van der Waals surface area (Å²) in [5, 5.41) is 15.5. The monoisotopic (exact) mass is 438 g/mol. The van der Waals surface area contributed by atoms with Gasteiger partial charge in [0, 0.05) is 12.5 Å². The number of nitrogens with one attached hydrogen (secondary N) is 2. The third-order valence-electron chi connectivity index (χ3n) is 6.77. The summed E-state index contributed by atoms with van der Waals surface area (Å²) in [5.74, 6) is -2.84. The van der Waals surface area contributed by atoms with Crippen molar-refractivity contribution in [1.82, 2.24) is 10.6 Å². The first kappa shape index (κ1) is 25.7. The zero-order chi connectivity index (χ0) is 23.8. The topological polar surface area (TPSA) is 114 Å². The van der Waals surface area contributed by atoms with Gasteiger partial charge in [-0.1, -0.05) is 6.42 Å². The molecule has 2 amide bonds. The molecule has 8 nitrogen and oxygen atoms in total. The lowest BCUT2D eigenvalue weighted by Crippen LogP contribution is -2.68. The normalized spacial score (nSPS) is 30.0. The van der Waals surface area contributed by atoms with E-state index in [1.54, 1.807) is 0 Å². The van der Waals surface area contributed by atoms with Crippen molar-refractivity contribution in [2.45, 2.75) is 110 Å². The predicted molar refractivity (Wildman–Crippen MR) is 118 cm³/mol. The number of aliphatic carboxylic acids is 1. The van der Waals surface area contributed by atoms with Gasteiger partial charge in [0.2, 0.25) is 11.8 Å². The van der Waals surface area contributed by atoms with Crippen molar-refractivity contribution in [3.63, 3.8) is 0 Å². The molecule has 0 aromatic carbocycles. The van der Waals surface area contributed by atoms with E-state index in [1.165, 1.54) is 6.92 Å². The van der Waals surface area contributed by atoms with Crippen LogP contribution in [-0.4, -0.2) is 52.3 Å². The minimum absolute atomic E-state index is 0.0622. The van der Waals surface area contributed by atoms with Crippen LogP contribution in [-0.2, 0) is 23.7 Å². The molecule has 31 heavy (non-hydrogen) atoms. The largest absolute Gasteiger partial charge is 0.481 e. The Morgan fingerprint density at radius 3 is 2.06 bits per heavy atom. The smallest absolute Gasteiger partial charge is 0.457 e. The lowest BCUT2D eigenvalue weighted by Gasteiger charge is -2.45. The number of rotatable bonds is 6. The maximum atomic E-state index is 13.3. The van der Waals surface area contributed by atoms with Gasteiger partial charge in [0.15, 0.2) is 0 Å². The molecule has 0 spiro atoms. The number of hydrogen-bond donors (Lipinski definition) is 3. The summed E-state index contributed by atoms with van der Waals surface area (Å²) in [6.45, 7) is 14.8. The Balaban J connectivity index is 2.21. The number of carbonyl (C=O) groups excluding carboxylic acids is 2. The van der Waals surface area contributed by atoms with Gasteiger partial charge >= 0.3 is 13.1 Å². The Bertz CT molecular complexity index is 701. The summed E-state index contributed by atoms with van der Waals surface area (Å²) >= 11 is 0. The van der Waals surface area contributed by atoms with Crippen LogP contribution in [0.25, 0.3) is 0 Å². The molecule has 0 bridgehead atoms. The number of amides is 2. The Hall–Kier alpha value is -1.61. The highest BCUT2D eigenvalue weighted by Gasteiger charge is 2.55. The summed E-state index contributed by atoms with van der Waals surface area (Å²) < 4.78 is 12.2. The van der Waals surface area contributed by atoms with Crippen molar-refractivity contribution >= 4 is 24.9 Å². The zero-order valence-electron chi connectivity index (χ0n) is 20.3. The molecule has 2 aliphatic rings. The van der Waals surface area contributed by atoms with Crippen molar-refractivity contribution < 1.29 is 28.8 Å². The molecule has 1 saturated carbocycles. The third-order valence-corrected chi connectivity index (χ3v) is 6.77. The van der Waals surface area contributed by atoms with Crippen molar-refractivity contribution in [2.75, 3.05) is 0 Å². The predicted octanol–water partition coefficient (Wildman–Crippen LogP) is 2.76. The van der Waals surface area contributed by atoms with E-state index >= 15 is 0 Å². The molecule has 2 fully saturated rings. The van der Waals surface area contributed by atoms with Gasteiger partial charge < -0.3 is 25.0 Å². The summed E-state index contributed by atoms with van der Waals surface area (Å²) in [5.41, 5.74) is -2.86. The van der Waals surface area contributed by atoms with Crippen LogP contribution < -0.4 is 10.6 Å². The molecule has 9 heteroatoms. The van der Waals surface area contributed by atoms with E-state index in [0.717, 1.165) is 0 Å². The van der Waals surface area contributed by atoms with Crippen molar-refractivity contribution in [3.8, 4) is 0 Å². The number of carboxylic acids is 1. The second-order valence-corrected chi connectivity index (χ2v) is 11.2. The number of carboxylic acid groups (broad SMARTS) is 1.